The summed E-state index contributed by atoms with van der Waals surface area (Å²) >= 11 is 1.58. The predicted octanol–water partition coefficient (Wildman–Crippen LogP) is 5.28. The molecule has 0 saturated carbocycles. The SMILES string of the molecule is CCCCn1c(-c2cccc(S(=O)(=O)N(CC)CC)c2)csc1=Nc1ccccc1. The van der Waals surface area contributed by atoms with Crippen LogP contribution in [-0.2, 0) is 16.6 Å². The lowest BCUT2D eigenvalue weighted by Crippen LogP contribution is -2.30. The van der Waals surface area contributed by atoms with E-state index in [9.17, 15) is 8.42 Å². The van der Waals surface area contributed by atoms with Crippen molar-refractivity contribution in [2.45, 2.75) is 45.1 Å². The van der Waals surface area contributed by atoms with Crippen LogP contribution >= 0.6 is 11.3 Å². The van der Waals surface area contributed by atoms with Gasteiger partial charge in [0.25, 0.3) is 0 Å². The number of hydrogen-bond donors (Lipinski definition) is 0. The first-order valence-electron chi connectivity index (χ1n) is 10.4. The van der Waals surface area contributed by atoms with E-state index in [-0.39, 0.29) is 0 Å². The van der Waals surface area contributed by atoms with Crippen LogP contribution in [0.2, 0.25) is 0 Å². The molecule has 0 amide bonds. The highest BCUT2D eigenvalue weighted by Gasteiger charge is 2.22. The summed E-state index contributed by atoms with van der Waals surface area (Å²) < 4.78 is 29.7. The number of hydrogen-bond acceptors (Lipinski definition) is 4. The fourth-order valence-electron chi connectivity index (χ4n) is 3.32. The van der Waals surface area contributed by atoms with Crippen LogP contribution in [0.3, 0.4) is 0 Å². The van der Waals surface area contributed by atoms with Gasteiger partial charge in [-0.25, -0.2) is 13.4 Å². The topological polar surface area (TPSA) is 54.7 Å². The van der Waals surface area contributed by atoms with Crippen molar-refractivity contribution in [2.75, 3.05) is 13.1 Å². The molecule has 0 N–H and O–H groups in total. The highest BCUT2D eigenvalue weighted by Crippen LogP contribution is 2.25. The highest BCUT2D eigenvalue weighted by molar-refractivity contribution is 7.89. The molecule has 0 bridgehead atoms. The maximum absolute atomic E-state index is 13.0. The first-order valence-corrected chi connectivity index (χ1v) is 12.7. The molecule has 0 radical (unpaired) electrons. The Labute approximate surface area is 183 Å². The van der Waals surface area contributed by atoms with Gasteiger partial charge in [-0.3, -0.25) is 0 Å². The average molecular weight is 444 g/mol. The summed E-state index contributed by atoms with van der Waals surface area (Å²) in [5, 5.41) is 2.07. The van der Waals surface area contributed by atoms with Crippen LogP contribution in [0.1, 0.15) is 33.6 Å². The first kappa shape index (κ1) is 22.5. The first-order chi connectivity index (χ1) is 14.5. The molecule has 1 heterocycles. The van der Waals surface area contributed by atoms with E-state index >= 15 is 0 Å². The van der Waals surface area contributed by atoms with Crippen molar-refractivity contribution in [3.8, 4) is 11.3 Å². The molecule has 3 aromatic rings. The fraction of sp³-hybridized carbons (Fsp3) is 0.348. The second-order valence-corrected chi connectivity index (χ2v) is 9.75. The number of rotatable bonds is 9. The molecular weight excluding hydrogens is 414 g/mol. The molecule has 0 spiro atoms. The lowest BCUT2D eigenvalue weighted by Gasteiger charge is -2.19. The van der Waals surface area contributed by atoms with Crippen LogP contribution in [-0.4, -0.2) is 30.4 Å². The molecule has 7 heteroatoms. The predicted molar refractivity (Wildman–Crippen MR) is 124 cm³/mol. The molecule has 0 aliphatic heterocycles. The number of para-hydroxylation sites is 1. The Morgan fingerprint density at radius 2 is 1.73 bits per heavy atom. The van der Waals surface area contributed by atoms with E-state index in [1.54, 1.807) is 23.5 Å². The van der Waals surface area contributed by atoms with Crippen molar-refractivity contribution < 1.29 is 8.42 Å². The number of unbranched alkanes of at least 4 members (excludes halogenated alkanes) is 1. The van der Waals surface area contributed by atoms with E-state index in [4.69, 9.17) is 4.99 Å². The Morgan fingerprint density at radius 3 is 2.40 bits per heavy atom. The Balaban J connectivity index is 2.09. The Bertz CT molecular complexity index is 1130. The van der Waals surface area contributed by atoms with Gasteiger partial charge < -0.3 is 4.57 Å². The minimum absolute atomic E-state index is 0.332. The van der Waals surface area contributed by atoms with E-state index < -0.39 is 10.0 Å². The summed E-state index contributed by atoms with van der Waals surface area (Å²) in [6.07, 6.45) is 2.10. The Hall–Kier alpha value is -2.22. The van der Waals surface area contributed by atoms with Gasteiger partial charge in [0.2, 0.25) is 10.0 Å². The Morgan fingerprint density at radius 1 is 1.00 bits per heavy atom. The van der Waals surface area contributed by atoms with Crippen molar-refractivity contribution in [2.24, 2.45) is 4.99 Å². The van der Waals surface area contributed by atoms with Gasteiger partial charge in [-0.1, -0.05) is 57.5 Å². The van der Waals surface area contributed by atoms with E-state index in [1.807, 2.05) is 56.3 Å². The van der Waals surface area contributed by atoms with Crippen LogP contribution in [0.4, 0.5) is 5.69 Å². The number of thiazole rings is 1. The van der Waals surface area contributed by atoms with Crippen LogP contribution in [0.25, 0.3) is 11.3 Å². The monoisotopic (exact) mass is 443 g/mol. The van der Waals surface area contributed by atoms with Gasteiger partial charge in [-0.2, -0.15) is 4.31 Å². The van der Waals surface area contributed by atoms with Crippen molar-refractivity contribution in [1.29, 1.82) is 0 Å². The van der Waals surface area contributed by atoms with Crippen molar-refractivity contribution >= 4 is 27.0 Å². The second kappa shape index (κ2) is 10.2. The molecule has 3 rings (SSSR count). The largest absolute Gasteiger partial charge is 0.316 e. The van der Waals surface area contributed by atoms with Gasteiger partial charge in [0.15, 0.2) is 4.80 Å². The quantitative estimate of drug-likeness (QED) is 0.452. The Kier molecular flexibility index (Phi) is 7.64. The molecule has 5 nitrogen and oxygen atoms in total. The third-order valence-corrected chi connectivity index (χ3v) is 7.90. The molecule has 0 aliphatic rings. The van der Waals surface area contributed by atoms with Gasteiger partial charge >= 0.3 is 0 Å². The van der Waals surface area contributed by atoms with Crippen molar-refractivity contribution in [1.82, 2.24) is 8.87 Å². The minimum atomic E-state index is -3.50. The van der Waals surface area contributed by atoms with Gasteiger partial charge in [0, 0.05) is 30.6 Å². The van der Waals surface area contributed by atoms with Gasteiger partial charge in [0.05, 0.1) is 16.3 Å². The summed E-state index contributed by atoms with van der Waals surface area (Å²) in [5.74, 6) is 0. The average Bonchev–Trinajstić information content (AvgIpc) is 3.16. The molecule has 0 fully saturated rings. The van der Waals surface area contributed by atoms with E-state index in [1.165, 1.54) is 4.31 Å². The third-order valence-electron chi connectivity index (χ3n) is 4.99. The molecule has 2 aromatic carbocycles. The number of sulfonamides is 1. The molecule has 1 aromatic heterocycles. The minimum Gasteiger partial charge on any atom is -0.316 e. The lowest BCUT2D eigenvalue weighted by atomic mass is 10.1. The van der Waals surface area contributed by atoms with Crippen molar-refractivity contribution in [3.63, 3.8) is 0 Å². The van der Waals surface area contributed by atoms with Gasteiger partial charge in [-0.05, 0) is 30.7 Å². The number of nitrogens with zero attached hydrogens (tertiary/aromatic N) is 3. The summed E-state index contributed by atoms with van der Waals surface area (Å²) in [6.45, 7) is 7.64. The van der Waals surface area contributed by atoms with E-state index in [0.717, 1.165) is 41.1 Å². The number of benzene rings is 2. The highest BCUT2D eigenvalue weighted by atomic mass is 32.2. The molecule has 0 atom stereocenters. The summed E-state index contributed by atoms with van der Waals surface area (Å²) in [5.41, 5.74) is 2.80. The molecule has 0 unspecified atom stereocenters. The summed E-state index contributed by atoms with van der Waals surface area (Å²) in [7, 11) is -3.50. The van der Waals surface area contributed by atoms with Gasteiger partial charge in [-0.15, -0.1) is 11.3 Å². The zero-order valence-corrected chi connectivity index (χ0v) is 19.4. The molecule has 0 aliphatic carbocycles. The normalized spacial score (nSPS) is 12.6. The zero-order valence-electron chi connectivity index (χ0n) is 17.8. The fourth-order valence-corrected chi connectivity index (χ4v) is 5.78. The van der Waals surface area contributed by atoms with Crippen LogP contribution in [0, 0.1) is 0 Å². The second-order valence-electron chi connectivity index (χ2n) is 6.97. The summed E-state index contributed by atoms with van der Waals surface area (Å²) in [6, 6.07) is 17.2. The lowest BCUT2D eigenvalue weighted by molar-refractivity contribution is 0.445. The van der Waals surface area contributed by atoms with Crippen LogP contribution < -0.4 is 4.80 Å². The zero-order chi connectivity index (χ0) is 21.6. The van der Waals surface area contributed by atoms with Gasteiger partial charge in [0.1, 0.15) is 0 Å². The molecule has 30 heavy (non-hydrogen) atoms. The molecule has 0 saturated heterocycles. The smallest absolute Gasteiger partial charge is 0.243 e. The maximum atomic E-state index is 13.0. The standard InChI is InChI=1S/C23H29N3O2S2/c1-4-7-16-26-22(18-29-23(26)24-20-13-9-8-10-14-20)19-12-11-15-21(17-19)30(27,28)25(5-2)6-3/h8-15,17-18H,4-7,16H2,1-3H3. The van der Waals surface area contributed by atoms with E-state index in [2.05, 4.69) is 16.9 Å². The van der Waals surface area contributed by atoms with Crippen LogP contribution in [0.5, 0.6) is 0 Å². The molecular formula is C23H29N3O2S2. The maximum Gasteiger partial charge on any atom is 0.243 e. The van der Waals surface area contributed by atoms with Crippen molar-refractivity contribution in [3.05, 3.63) is 64.8 Å². The number of aromatic nitrogens is 1. The van der Waals surface area contributed by atoms with Crippen LogP contribution in [0.15, 0.2) is 69.9 Å². The third kappa shape index (κ3) is 4.91. The van der Waals surface area contributed by atoms with E-state index in [0.29, 0.717) is 18.0 Å². The summed E-state index contributed by atoms with van der Waals surface area (Å²) in [4.78, 5) is 6.07. The molecule has 160 valence electrons.